The van der Waals surface area contributed by atoms with Gasteiger partial charge in [-0.15, -0.1) is 0 Å². The lowest BCUT2D eigenvalue weighted by Crippen LogP contribution is -2.30. The van der Waals surface area contributed by atoms with Gasteiger partial charge in [-0.1, -0.05) is 6.07 Å². The zero-order valence-corrected chi connectivity index (χ0v) is 9.43. The summed E-state index contributed by atoms with van der Waals surface area (Å²) in [5.41, 5.74) is 0.247. The molecule has 4 heteroatoms. The summed E-state index contributed by atoms with van der Waals surface area (Å²) >= 11 is 0. The van der Waals surface area contributed by atoms with Crippen LogP contribution in [0.15, 0.2) is 18.2 Å². The number of fused-ring (bicyclic) bond motifs is 2. The third-order valence-corrected chi connectivity index (χ3v) is 3.63. The van der Waals surface area contributed by atoms with Gasteiger partial charge in [-0.2, -0.15) is 4.39 Å². The van der Waals surface area contributed by atoms with Crippen molar-refractivity contribution in [3.63, 3.8) is 0 Å². The number of rotatable bonds is 2. The first-order valence-corrected chi connectivity index (χ1v) is 6.04. The van der Waals surface area contributed by atoms with Gasteiger partial charge in [0.1, 0.15) is 5.69 Å². The Morgan fingerprint density at radius 3 is 2.65 bits per heavy atom. The summed E-state index contributed by atoms with van der Waals surface area (Å²) in [7, 11) is 0. The number of hydrogen-bond donors (Lipinski definition) is 0. The van der Waals surface area contributed by atoms with E-state index < -0.39 is 5.95 Å². The number of ketones is 1. The molecule has 3 heterocycles. The number of pyridine rings is 1. The normalized spacial score (nSPS) is 31.5. The second kappa shape index (κ2) is 4.18. The molecule has 2 unspecified atom stereocenters. The van der Waals surface area contributed by atoms with Crippen LogP contribution >= 0.6 is 0 Å². The predicted molar refractivity (Wildman–Crippen MR) is 59.1 cm³/mol. The Morgan fingerprint density at radius 1 is 1.29 bits per heavy atom. The van der Waals surface area contributed by atoms with Crippen LogP contribution in [0.25, 0.3) is 0 Å². The van der Waals surface area contributed by atoms with E-state index in [2.05, 4.69) is 4.98 Å². The fraction of sp³-hybridized carbons (Fsp3) is 0.538. The highest BCUT2D eigenvalue weighted by Gasteiger charge is 2.38. The molecule has 0 saturated carbocycles. The van der Waals surface area contributed by atoms with Crippen LogP contribution in [-0.2, 0) is 4.74 Å². The van der Waals surface area contributed by atoms with E-state index in [1.165, 1.54) is 12.1 Å². The number of carbonyl (C=O) groups excluding carboxylic acids is 1. The van der Waals surface area contributed by atoms with Crippen LogP contribution in [0.4, 0.5) is 4.39 Å². The van der Waals surface area contributed by atoms with Crippen molar-refractivity contribution >= 4 is 5.78 Å². The van der Waals surface area contributed by atoms with Gasteiger partial charge in [0, 0.05) is 5.92 Å². The minimum atomic E-state index is -0.592. The van der Waals surface area contributed by atoms with E-state index in [1.807, 2.05) is 0 Å². The minimum Gasteiger partial charge on any atom is -0.375 e. The minimum absolute atomic E-state index is 0.0373. The molecule has 0 aliphatic carbocycles. The van der Waals surface area contributed by atoms with Gasteiger partial charge in [0.15, 0.2) is 5.78 Å². The van der Waals surface area contributed by atoms with Gasteiger partial charge in [0.25, 0.3) is 0 Å². The number of ether oxygens (including phenoxy) is 1. The molecule has 2 atom stereocenters. The number of nitrogens with zero attached hydrogens (tertiary/aromatic N) is 1. The molecule has 17 heavy (non-hydrogen) atoms. The highest BCUT2D eigenvalue weighted by atomic mass is 19.1. The highest BCUT2D eigenvalue weighted by molar-refractivity contribution is 5.96. The Hall–Kier alpha value is -1.29. The Bertz CT molecular complexity index is 437. The molecule has 0 spiro atoms. The van der Waals surface area contributed by atoms with Crippen LogP contribution in [0.5, 0.6) is 0 Å². The van der Waals surface area contributed by atoms with Crippen molar-refractivity contribution in [2.75, 3.05) is 0 Å². The van der Waals surface area contributed by atoms with E-state index in [4.69, 9.17) is 4.74 Å². The molecule has 3 nitrogen and oxygen atoms in total. The van der Waals surface area contributed by atoms with Crippen LogP contribution in [-0.4, -0.2) is 23.0 Å². The highest BCUT2D eigenvalue weighted by Crippen LogP contribution is 2.37. The van der Waals surface area contributed by atoms with Crippen molar-refractivity contribution in [3.8, 4) is 0 Å². The molecule has 2 aliphatic heterocycles. The molecule has 2 aliphatic rings. The zero-order valence-electron chi connectivity index (χ0n) is 9.43. The summed E-state index contributed by atoms with van der Waals surface area (Å²) < 4.78 is 18.7. The molecule has 3 rings (SSSR count). The topological polar surface area (TPSA) is 39.2 Å². The fourth-order valence-corrected chi connectivity index (χ4v) is 2.83. The fourth-order valence-electron chi connectivity index (χ4n) is 2.83. The third kappa shape index (κ3) is 2.09. The average molecular weight is 235 g/mol. The summed E-state index contributed by atoms with van der Waals surface area (Å²) in [6, 6.07) is 4.37. The van der Waals surface area contributed by atoms with Crippen molar-refractivity contribution in [1.82, 2.24) is 4.98 Å². The van der Waals surface area contributed by atoms with E-state index in [0.29, 0.717) is 0 Å². The Morgan fingerprint density at radius 2 is 2.00 bits per heavy atom. The van der Waals surface area contributed by atoms with Crippen LogP contribution in [0, 0.1) is 11.9 Å². The van der Waals surface area contributed by atoms with Crippen molar-refractivity contribution < 1.29 is 13.9 Å². The van der Waals surface area contributed by atoms with Crippen LogP contribution in [0.3, 0.4) is 0 Å². The predicted octanol–water partition coefficient (Wildman–Crippen LogP) is 2.36. The molecule has 0 radical (unpaired) electrons. The smallest absolute Gasteiger partial charge is 0.213 e. The number of aromatic nitrogens is 1. The number of hydrogen-bond acceptors (Lipinski definition) is 3. The maximum Gasteiger partial charge on any atom is 0.213 e. The molecule has 90 valence electrons. The van der Waals surface area contributed by atoms with Gasteiger partial charge in [-0.05, 0) is 37.8 Å². The zero-order chi connectivity index (χ0) is 11.8. The quantitative estimate of drug-likeness (QED) is 0.583. The largest absolute Gasteiger partial charge is 0.375 e. The lowest BCUT2D eigenvalue weighted by atomic mass is 9.90. The van der Waals surface area contributed by atoms with Crippen molar-refractivity contribution in [2.24, 2.45) is 5.92 Å². The second-order valence-corrected chi connectivity index (χ2v) is 4.84. The first kappa shape index (κ1) is 10.8. The first-order valence-electron chi connectivity index (χ1n) is 6.04. The standard InChI is InChI=1S/C13H14FNO2/c14-12-3-1-2-11(15-12)13(16)8-6-9-4-5-10(7-8)17-9/h1-3,8-10H,4-7H2. The summed E-state index contributed by atoms with van der Waals surface area (Å²) in [4.78, 5) is 15.8. The Kier molecular flexibility index (Phi) is 2.67. The molecule has 1 aromatic rings. The summed E-state index contributed by atoms with van der Waals surface area (Å²) in [5.74, 6) is -0.675. The van der Waals surface area contributed by atoms with Gasteiger partial charge >= 0.3 is 0 Å². The molecular formula is C13H14FNO2. The maximum atomic E-state index is 13.0. The van der Waals surface area contributed by atoms with Crippen LogP contribution in [0.1, 0.15) is 36.2 Å². The molecule has 2 bridgehead atoms. The van der Waals surface area contributed by atoms with Crippen LogP contribution < -0.4 is 0 Å². The molecule has 0 amide bonds. The second-order valence-electron chi connectivity index (χ2n) is 4.84. The summed E-state index contributed by atoms with van der Waals surface area (Å²) in [6.45, 7) is 0. The Labute approximate surface area is 99.0 Å². The molecule has 1 aromatic heterocycles. The number of halogens is 1. The van der Waals surface area contributed by atoms with Gasteiger partial charge < -0.3 is 4.74 Å². The van der Waals surface area contributed by atoms with Crippen molar-refractivity contribution in [2.45, 2.75) is 37.9 Å². The van der Waals surface area contributed by atoms with Crippen molar-refractivity contribution in [1.29, 1.82) is 0 Å². The molecule has 2 fully saturated rings. The molecule has 2 saturated heterocycles. The third-order valence-electron chi connectivity index (χ3n) is 3.63. The van der Waals surface area contributed by atoms with Crippen LogP contribution in [0.2, 0.25) is 0 Å². The molecule has 0 N–H and O–H groups in total. The number of Topliss-reactive ketones (excluding diaryl/α,β-unsaturated/α-hetero) is 1. The lowest BCUT2D eigenvalue weighted by molar-refractivity contribution is -0.0150. The van der Waals surface area contributed by atoms with Gasteiger partial charge in [0.2, 0.25) is 5.95 Å². The first-order chi connectivity index (χ1) is 8.22. The number of carbonyl (C=O) groups is 1. The van der Waals surface area contributed by atoms with E-state index in [-0.39, 0.29) is 29.6 Å². The molecule has 0 aromatic carbocycles. The van der Waals surface area contributed by atoms with E-state index >= 15 is 0 Å². The lowest BCUT2D eigenvalue weighted by Gasteiger charge is -2.26. The summed E-state index contributed by atoms with van der Waals surface area (Å²) in [6.07, 6.45) is 4.05. The van der Waals surface area contributed by atoms with Gasteiger partial charge in [-0.25, -0.2) is 4.98 Å². The maximum absolute atomic E-state index is 13.0. The SMILES string of the molecule is O=C(c1cccc(F)n1)C1CC2CCC(C1)O2. The van der Waals surface area contributed by atoms with Gasteiger partial charge in [0.05, 0.1) is 12.2 Å². The van der Waals surface area contributed by atoms with E-state index in [0.717, 1.165) is 25.7 Å². The van der Waals surface area contributed by atoms with Crippen molar-refractivity contribution in [3.05, 3.63) is 29.8 Å². The van der Waals surface area contributed by atoms with E-state index in [9.17, 15) is 9.18 Å². The average Bonchev–Trinajstić information content (AvgIpc) is 2.67. The monoisotopic (exact) mass is 235 g/mol. The Balaban J connectivity index is 1.78. The molecular weight excluding hydrogens is 221 g/mol. The summed E-state index contributed by atoms with van der Waals surface area (Å²) in [5, 5.41) is 0. The van der Waals surface area contributed by atoms with E-state index in [1.54, 1.807) is 6.07 Å². The van der Waals surface area contributed by atoms with Gasteiger partial charge in [-0.3, -0.25) is 4.79 Å².